The predicted molar refractivity (Wildman–Crippen MR) is 135 cm³/mol. The van der Waals surface area contributed by atoms with Gasteiger partial charge in [-0.1, -0.05) is 25.2 Å². The third-order valence-electron chi connectivity index (χ3n) is 5.87. The van der Waals surface area contributed by atoms with Gasteiger partial charge in [0.2, 0.25) is 0 Å². The molecule has 2 nitrogen and oxygen atoms in total. The first-order chi connectivity index (χ1) is 19.9. The zero-order valence-corrected chi connectivity index (χ0v) is 21.6. The van der Waals surface area contributed by atoms with E-state index >= 15 is 0 Å². The van der Waals surface area contributed by atoms with Crippen molar-refractivity contribution >= 4 is 0 Å². The van der Waals surface area contributed by atoms with Crippen LogP contribution in [0.25, 0.3) is 11.1 Å². The fourth-order valence-corrected chi connectivity index (χ4v) is 3.78. The Kier molecular flexibility index (Phi) is 9.05. The average Bonchev–Trinajstić information content (AvgIpc) is 2.90. The van der Waals surface area contributed by atoms with Gasteiger partial charge in [-0.3, -0.25) is 0 Å². The SMILES string of the molecule is CCCCOc1ccc(C#Cc2ccc(C(F)(F)Oc3cc(F)c(-c4cc(F)c(F)c(F)c4)c(F)c3)c(F)c2)c(F)c1. The lowest BCUT2D eigenvalue weighted by molar-refractivity contribution is -0.187. The Labute approximate surface area is 234 Å². The number of unbranched alkanes of at least 4 members (excludes halogenated alkanes) is 1. The molecule has 4 aromatic rings. The minimum atomic E-state index is -4.44. The highest BCUT2D eigenvalue weighted by atomic mass is 19.3. The summed E-state index contributed by atoms with van der Waals surface area (Å²) >= 11 is 0. The van der Waals surface area contributed by atoms with Crippen molar-refractivity contribution in [1.29, 1.82) is 0 Å². The van der Waals surface area contributed by atoms with Crippen molar-refractivity contribution in [1.82, 2.24) is 0 Å². The Morgan fingerprint density at radius 1 is 0.667 bits per heavy atom. The molecule has 11 heteroatoms. The van der Waals surface area contributed by atoms with Crippen molar-refractivity contribution in [3.8, 4) is 34.5 Å². The Bertz CT molecular complexity index is 1640. The van der Waals surface area contributed by atoms with Gasteiger partial charge in [0.05, 0.1) is 17.7 Å². The maximum atomic E-state index is 14.8. The van der Waals surface area contributed by atoms with E-state index in [9.17, 15) is 39.5 Å². The van der Waals surface area contributed by atoms with Gasteiger partial charge in [-0.2, -0.15) is 8.78 Å². The molecule has 0 saturated carbocycles. The second kappa shape index (κ2) is 12.5. The van der Waals surface area contributed by atoms with Crippen molar-refractivity contribution in [3.63, 3.8) is 0 Å². The Hall–Kier alpha value is -4.59. The molecule has 218 valence electrons. The van der Waals surface area contributed by atoms with Gasteiger partial charge in [-0.05, 0) is 54.4 Å². The van der Waals surface area contributed by atoms with Crippen molar-refractivity contribution in [2.45, 2.75) is 25.9 Å². The number of hydrogen-bond donors (Lipinski definition) is 0. The van der Waals surface area contributed by atoms with Crippen LogP contribution in [0.4, 0.5) is 39.5 Å². The van der Waals surface area contributed by atoms with Gasteiger partial charge in [-0.25, -0.2) is 30.7 Å². The van der Waals surface area contributed by atoms with Crippen LogP contribution in [0.15, 0.2) is 60.7 Å². The highest BCUT2D eigenvalue weighted by Gasteiger charge is 2.38. The van der Waals surface area contributed by atoms with Crippen LogP contribution < -0.4 is 9.47 Å². The fraction of sp³-hybridized carbons (Fsp3) is 0.161. The molecule has 0 aliphatic carbocycles. The zero-order chi connectivity index (χ0) is 30.6. The first-order valence-corrected chi connectivity index (χ1v) is 12.3. The summed E-state index contributed by atoms with van der Waals surface area (Å²) in [5.74, 6) is -6.48. The Morgan fingerprint density at radius 2 is 1.31 bits per heavy atom. The predicted octanol–water partition coefficient (Wildman–Crippen LogP) is 9.03. The lowest BCUT2D eigenvalue weighted by Crippen LogP contribution is -2.23. The van der Waals surface area contributed by atoms with Crippen LogP contribution in [0, 0.1) is 52.6 Å². The fourth-order valence-electron chi connectivity index (χ4n) is 3.78. The molecular formula is C31H19F9O2. The van der Waals surface area contributed by atoms with E-state index in [1.165, 1.54) is 12.1 Å². The van der Waals surface area contributed by atoms with Crippen LogP contribution in [0.1, 0.15) is 36.5 Å². The summed E-state index contributed by atoms with van der Waals surface area (Å²) in [6.45, 7) is 2.38. The molecule has 4 rings (SSSR count). The summed E-state index contributed by atoms with van der Waals surface area (Å²) in [6, 6.07) is 7.48. The molecule has 0 aliphatic rings. The monoisotopic (exact) mass is 594 g/mol. The molecule has 0 heterocycles. The lowest BCUT2D eigenvalue weighted by Gasteiger charge is -2.19. The number of ether oxygens (including phenoxy) is 2. The number of benzene rings is 4. The second-order valence-electron chi connectivity index (χ2n) is 8.92. The molecule has 0 saturated heterocycles. The minimum Gasteiger partial charge on any atom is -0.493 e. The highest BCUT2D eigenvalue weighted by Crippen LogP contribution is 2.37. The molecule has 0 N–H and O–H groups in total. The summed E-state index contributed by atoms with van der Waals surface area (Å²) in [7, 11) is 0. The second-order valence-corrected chi connectivity index (χ2v) is 8.92. The van der Waals surface area contributed by atoms with E-state index in [1.807, 2.05) is 6.92 Å². The molecule has 0 aromatic heterocycles. The topological polar surface area (TPSA) is 18.5 Å². The Morgan fingerprint density at radius 3 is 1.90 bits per heavy atom. The van der Waals surface area contributed by atoms with Crippen LogP contribution >= 0.6 is 0 Å². The normalized spacial score (nSPS) is 11.2. The molecule has 42 heavy (non-hydrogen) atoms. The Balaban J connectivity index is 1.53. The maximum Gasteiger partial charge on any atom is 0.429 e. The molecule has 0 atom stereocenters. The summed E-state index contributed by atoms with van der Waals surface area (Å²) in [5.41, 5.74) is -3.21. The van der Waals surface area contributed by atoms with Gasteiger partial charge >= 0.3 is 6.11 Å². The van der Waals surface area contributed by atoms with Crippen LogP contribution in [-0.2, 0) is 6.11 Å². The molecule has 0 radical (unpaired) electrons. The third-order valence-corrected chi connectivity index (χ3v) is 5.87. The molecule has 4 aromatic carbocycles. The van der Waals surface area contributed by atoms with Crippen LogP contribution in [-0.4, -0.2) is 6.61 Å². The highest BCUT2D eigenvalue weighted by molar-refractivity contribution is 5.66. The molecule has 0 fully saturated rings. The van der Waals surface area contributed by atoms with E-state index in [1.54, 1.807) is 0 Å². The standard InChI is InChI=1S/C31H19F9O2/c1-2-3-10-41-20-8-7-18(23(32)14-20)6-4-17-5-9-22(24(33)11-17)31(39,40)42-21-15-25(34)29(26(35)16-21)19-12-27(36)30(38)28(37)13-19/h5,7-9,11-16H,2-3,10H2,1H3. The average molecular weight is 594 g/mol. The van der Waals surface area contributed by atoms with Gasteiger partial charge < -0.3 is 9.47 Å². The number of hydrogen-bond acceptors (Lipinski definition) is 2. The quantitative estimate of drug-likeness (QED) is 0.0878. The van der Waals surface area contributed by atoms with E-state index in [0.717, 1.165) is 25.0 Å². The van der Waals surface area contributed by atoms with Gasteiger partial charge in [0.25, 0.3) is 0 Å². The van der Waals surface area contributed by atoms with Crippen LogP contribution in [0.5, 0.6) is 11.5 Å². The van der Waals surface area contributed by atoms with Crippen LogP contribution in [0.3, 0.4) is 0 Å². The largest absolute Gasteiger partial charge is 0.493 e. The van der Waals surface area contributed by atoms with Gasteiger partial charge in [-0.15, -0.1) is 0 Å². The van der Waals surface area contributed by atoms with Gasteiger partial charge in [0.1, 0.15) is 40.3 Å². The van der Waals surface area contributed by atoms with Gasteiger partial charge in [0, 0.05) is 23.8 Å². The van der Waals surface area contributed by atoms with E-state index in [-0.39, 0.29) is 23.3 Å². The number of alkyl halides is 2. The molecule has 0 bridgehead atoms. The van der Waals surface area contributed by atoms with E-state index in [4.69, 9.17) is 4.74 Å². The summed E-state index contributed by atoms with van der Waals surface area (Å²) in [6.07, 6.45) is -2.75. The molecule has 0 aliphatic heterocycles. The number of halogens is 9. The summed E-state index contributed by atoms with van der Waals surface area (Å²) in [4.78, 5) is 0. The molecule has 0 spiro atoms. The van der Waals surface area contributed by atoms with E-state index in [0.29, 0.717) is 36.6 Å². The minimum absolute atomic E-state index is 0.0467. The van der Waals surface area contributed by atoms with Crippen molar-refractivity contribution in [2.75, 3.05) is 6.61 Å². The summed E-state index contributed by atoms with van der Waals surface area (Å²) < 4.78 is 138. The van der Waals surface area contributed by atoms with Crippen LogP contribution in [0.2, 0.25) is 0 Å². The van der Waals surface area contributed by atoms with Crippen molar-refractivity contribution in [2.24, 2.45) is 0 Å². The zero-order valence-electron chi connectivity index (χ0n) is 21.6. The maximum absolute atomic E-state index is 14.8. The first-order valence-electron chi connectivity index (χ1n) is 12.3. The van der Waals surface area contributed by atoms with E-state index < -0.39 is 69.3 Å². The molecular weight excluding hydrogens is 575 g/mol. The third kappa shape index (κ3) is 6.82. The van der Waals surface area contributed by atoms with Crippen molar-refractivity contribution in [3.05, 3.63) is 118 Å². The van der Waals surface area contributed by atoms with Gasteiger partial charge in [0.15, 0.2) is 17.5 Å². The lowest BCUT2D eigenvalue weighted by atomic mass is 10.0. The molecule has 0 amide bonds. The summed E-state index contributed by atoms with van der Waals surface area (Å²) in [5, 5.41) is 0. The smallest absolute Gasteiger partial charge is 0.429 e. The van der Waals surface area contributed by atoms with Crippen molar-refractivity contribution < 1.29 is 49.0 Å². The number of rotatable bonds is 8. The van der Waals surface area contributed by atoms with E-state index in [2.05, 4.69) is 16.6 Å². The molecule has 0 unspecified atom stereocenters. The first kappa shape index (κ1) is 30.4.